The second kappa shape index (κ2) is 10.8. The summed E-state index contributed by atoms with van der Waals surface area (Å²) in [6.45, 7) is -4.76. The number of H-pyrrole nitrogens is 1. The molecule has 2 bridgehead atoms. The van der Waals surface area contributed by atoms with Crippen LogP contribution in [0.15, 0.2) is 23.8 Å². The second-order valence-electron chi connectivity index (χ2n) is 11.6. The number of ether oxygens (including phenoxy) is 2. The third-order valence-corrected chi connectivity index (χ3v) is 11.6. The van der Waals surface area contributed by atoms with E-state index < -0.39 is 68.8 Å². The topological polar surface area (TPSA) is 269 Å². The van der Waals surface area contributed by atoms with Crippen LogP contribution >= 0.6 is 27.3 Å². The molecule has 20 nitrogen and oxygen atoms in total. The lowest BCUT2D eigenvalue weighted by atomic mass is 10.0. The van der Waals surface area contributed by atoms with Crippen molar-refractivity contribution < 1.29 is 41.8 Å². The van der Waals surface area contributed by atoms with Crippen LogP contribution in [0.3, 0.4) is 0 Å². The summed E-state index contributed by atoms with van der Waals surface area (Å²) in [6, 6.07) is -0.629. The summed E-state index contributed by atoms with van der Waals surface area (Å²) < 4.78 is 65.5. The van der Waals surface area contributed by atoms with Gasteiger partial charge in [-0.15, -0.1) is 0 Å². The zero-order valence-electron chi connectivity index (χ0n) is 23.8. The second-order valence-corrected chi connectivity index (χ2v) is 15.5. The molecule has 4 aromatic heterocycles. The minimum Gasteiger partial charge on any atom is -0.388 e. The quantitative estimate of drug-likeness (QED) is 0.141. The minimum atomic E-state index is -4.21. The summed E-state index contributed by atoms with van der Waals surface area (Å²) >= 11 is 4.28. The van der Waals surface area contributed by atoms with Gasteiger partial charge in [0, 0.05) is 12.5 Å². The van der Waals surface area contributed by atoms with E-state index in [1.165, 1.54) is 30.7 Å². The lowest BCUT2D eigenvalue weighted by Crippen LogP contribution is -2.37. The Morgan fingerprint density at radius 2 is 1.98 bits per heavy atom. The molecule has 0 amide bonds. The van der Waals surface area contributed by atoms with E-state index in [-0.39, 0.29) is 42.1 Å². The normalized spacial score (nSPS) is 39.4. The van der Waals surface area contributed by atoms with Gasteiger partial charge in [-0.05, 0) is 12.3 Å². The number of anilines is 2. The first-order valence-electron chi connectivity index (χ1n) is 14.0. The number of nitrogens with one attached hydrogen (secondary N) is 1. The standard InChI is InChI=1S/C23H28N10O10P2S/c1-38-14-9-3-39-44(36)42-16-13(34)12(32-6-28-10-17(24)26-5-27-18(10)32)8-2-23(8,16)4-40-45(37,46)43-15(14)21(41-9)33-7-29-11-19(33)30-22(25)31-20(11)35/h5-9,12-16,21,34,44H,2-4H2,1H3,(H,37,46)(H2,24,26,27)(H3,25,30,31,35)/t8-,9-,12-,13+,14-,15-,16+,21-,23?,45+/m1/s1. The molecule has 246 valence electrons. The molecule has 6 heterocycles. The van der Waals surface area contributed by atoms with Crippen molar-refractivity contribution in [3.05, 3.63) is 29.3 Å². The van der Waals surface area contributed by atoms with Crippen LogP contribution in [-0.2, 0) is 36.7 Å². The van der Waals surface area contributed by atoms with Gasteiger partial charge in [0.1, 0.15) is 42.4 Å². The van der Waals surface area contributed by atoms with Crippen LogP contribution in [0.5, 0.6) is 0 Å². The highest BCUT2D eigenvalue weighted by Gasteiger charge is 2.73. The average molecular weight is 699 g/mol. The molecule has 1 spiro atoms. The Kier molecular flexibility index (Phi) is 7.11. The fourth-order valence-corrected chi connectivity index (χ4v) is 9.49. The molecule has 4 aromatic rings. The number of hydrogen-bond donors (Lipinski definition) is 5. The van der Waals surface area contributed by atoms with E-state index in [9.17, 15) is 19.0 Å². The van der Waals surface area contributed by atoms with E-state index in [4.69, 9.17) is 39.0 Å². The number of aliphatic hydroxyl groups is 1. The molecule has 2 aliphatic carbocycles. The Morgan fingerprint density at radius 1 is 1.20 bits per heavy atom. The number of hydrogen-bond acceptors (Lipinski definition) is 17. The van der Waals surface area contributed by atoms with Gasteiger partial charge in [0.15, 0.2) is 28.9 Å². The Morgan fingerprint density at radius 3 is 2.78 bits per heavy atom. The van der Waals surface area contributed by atoms with Crippen LogP contribution in [0.1, 0.15) is 18.7 Å². The van der Waals surface area contributed by atoms with Crippen molar-refractivity contribution in [1.29, 1.82) is 0 Å². The largest absolute Gasteiger partial charge is 0.388 e. The maximum absolute atomic E-state index is 13.9. The van der Waals surface area contributed by atoms with Gasteiger partial charge in [-0.2, -0.15) is 4.98 Å². The van der Waals surface area contributed by atoms with E-state index in [0.717, 1.165) is 0 Å². The lowest BCUT2D eigenvalue weighted by molar-refractivity contribution is -0.0566. The van der Waals surface area contributed by atoms with Crippen molar-refractivity contribution in [2.45, 2.75) is 49.2 Å². The molecular formula is C23H28N10O10P2S. The smallest absolute Gasteiger partial charge is 0.386 e. The number of nitrogens with zero attached hydrogens (tertiary/aromatic N) is 7. The van der Waals surface area contributed by atoms with Gasteiger partial charge >= 0.3 is 15.1 Å². The molecule has 0 aromatic carbocycles. The van der Waals surface area contributed by atoms with Crippen LogP contribution in [0.25, 0.3) is 22.3 Å². The summed E-state index contributed by atoms with van der Waals surface area (Å²) in [7, 11) is -1.88. The van der Waals surface area contributed by atoms with Crippen molar-refractivity contribution in [3.8, 4) is 0 Å². The fraction of sp³-hybridized carbons (Fsp3) is 0.565. The zero-order valence-corrected chi connectivity index (χ0v) is 26.6. The van der Waals surface area contributed by atoms with E-state index in [0.29, 0.717) is 17.6 Å². The number of aliphatic hydroxyl groups excluding tert-OH is 1. The summed E-state index contributed by atoms with van der Waals surface area (Å²) in [4.78, 5) is 35.7. The summed E-state index contributed by atoms with van der Waals surface area (Å²) in [6.07, 6.45) is -1.93. The van der Waals surface area contributed by atoms with Gasteiger partial charge in [0.25, 0.3) is 5.56 Å². The first kappa shape index (κ1) is 30.4. The molecule has 23 heteroatoms. The highest BCUT2D eigenvalue weighted by atomic mass is 32.7. The molecule has 46 heavy (non-hydrogen) atoms. The molecular weight excluding hydrogens is 670 g/mol. The molecule has 11 atom stereocenters. The highest BCUT2D eigenvalue weighted by molar-refractivity contribution is 8.44. The van der Waals surface area contributed by atoms with Crippen LogP contribution in [0.4, 0.5) is 11.8 Å². The van der Waals surface area contributed by atoms with Crippen molar-refractivity contribution in [2.24, 2.45) is 11.3 Å². The van der Waals surface area contributed by atoms with Crippen molar-refractivity contribution in [1.82, 2.24) is 39.0 Å². The minimum absolute atomic E-state index is 0.0255. The highest BCUT2D eigenvalue weighted by Crippen LogP contribution is 2.71. The number of methoxy groups -OCH3 is 1. The third-order valence-electron chi connectivity index (χ3n) is 9.15. The Bertz CT molecular complexity index is 1990. The van der Waals surface area contributed by atoms with E-state index >= 15 is 0 Å². The number of aromatic amines is 1. The number of nitrogen functional groups attached to an aromatic ring is 2. The summed E-state index contributed by atoms with van der Waals surface area (Å²) in [5.41, 5.74) is 11.0. The number of imidazole rings is 2. The van der Waals surface area contributed by atoms with E-state index in [1.807, 2.05) is 0 Å². The lowest BCUT2D eigenvalue weighted by Gasteiger charge is -2.29. The first-order valence-corrected chi connectivity index (χ1v) is 17.9. The van der Waals surface area contributed by atoms with E-state index in [1.54, 1.807) is 4.57 Å². The molecule has 2 saturated carbocycles. The SMILES string of the molecule is CO[C@H]1[C@H]2O[P@@](=O)(S)OCC34C[C@@H]3[C@@H](n3cnc5c(N)ncnc53)[C@H](O)[C@@H]4O[PH](=O)OC[C@H]1O[C@H]2n1cnc2c(=O)[nH]c(N)nc21. The molecule has 2 aliphatic heterocycles. The fourth-order valence-electron chi connectivity index (χ4n) is 7.04. The predicted molar refractivity (Wildman–Crippen MR) is 160 cm³/mol. The van der Waals surface area contributed by atoms with Crippen molar-refractivity contribution in [3.63, 3.8) is 0 Å². The van der Waals surface area contributed by atoms with Gasteiger partial charge in [0.05, 0.1) is 31.9 Å². The van der Waals surface area contributed by atoms with Gasteiger partial charge in [0.2, 0.25) is 5.95 Å². The number of thiol groups is 1. The molecule has 6 N–H and O–H groups in total. The van der Waals surface area contributed by atoms with Crippen LogP contribution < -0.4 is 17.0 Å². The summed E-state index contributed by atoms with van der Waals surface area (Å²) in [5.74, 6) is -0.279. The summed E-state index contributed by atoms with van der Waals surface area (Å²) in [5, 5.41) is 11.5. The first-order chi connectivity index (χ1) is 22.0. The molecule has 8 rings (SSSR count). The molecule has 4 fully saturated rings. The monoisotopic (exact) mass is 698 g/mol. The van der Waals surface area contributed by atoms with Gasteiger partial charge in [-0.1, -0.05) is 12.2 Å². The van der Waals surface area contributed by atoms with Crippen LogP contribution in [-0.4, -0.2) is 95.0 Å². The van der Waals surface area contributed by atoms with Gasteiger partial charge in [-0.25, -0.2) is 24.5 Å². The Balaban J connectivity index is 1.13. The maximum atomic E-state index is 13.9. The Hall–Kier alpha value is -2.97. The third kappa shape index (κ3) is 4.64. The zero-order chi connectivity index (χ0) is 32.1. The molecule has 2 unspecified atom stereocenters. The number of nitrogens with two attached hydrogens (primary N) is 2. The van der Waals surface area contributed by atoms with Crippen molar-refractivity contribution >= 4 is 61.4 Å². The number of fused-ring (bicyclic) bond motifs is 4. The van der Waals surface area contributed by atoms with Crippen LogP contribution in [0.2, 0.25) is 0 Å². The number of aromatic nitrogens is 8. The number of rotatable bonds is 3. The molecule has 0 radical (unpaired) electrons. The Labute approximate surface area is 263 Å². The molecule has 4 aliphatic rings. The predicted octanol–water partition coefficient (Wildman–Crippen LogP) is 0.203. The van der Waals surface area contributed by atoms with Gasteiger partial charge < -0.3 is 44.2 Å². The van der Waals surface area contributed by atoms with Crippen LogP contribution in [0, 0.1) is 11.3 Å². The molecule has 2 saturated heterocycles. The van der Waals surface area contributed by atoms with Gasteiger partial charge in [-0.3, -0.25) is 23.4 Å². The average Bonchev–Trinajstić information content (AvgIpc) is 3.31. The maximum Gasteiger partial charge on any atom is 0.386 e. The van der Waals surface area contributed by atoms with E-state index in [2.05, 4.69) is 42.2 Å². The van der Waals surface area contributed by atoms with Crippen molar-refractivity contribution in [2.75, 3.05) is 31.8 Å².